The van der Waals surface area contributed by atoms with E-state index in [0.717, 1.165) is 24.8 Å². The Morgan fingerprint density at radius 1 is 1.39 bits per heavy atom. The summed E-state index contributed by atoms with van der Waals surface area (Å²) < 4.78 is 2.22. The molecule has 0 aliphatic carbocycles. The Morgan fingerprint density at radius 3 is 2.83 bits per heavy atom. The summed E-state index contributed by atoms with van der Waals surface area (Å²) in [6.07, 6.45) is 3.21. The number of nitrogens with one attached hydrogen (secondary N) is 1. The van der Waals surface area contributed by atoms with Crippen molar-refractivity contribution in [3.63, 3.8) is 0 Å². The van der Waals surface area contributed by atoms with Crippen LogP contribution in [0.2, 0.25) is 0 Å². The zero-order chi connectivity index (χ0) is 13.1. The first-order chi connectivity index (χ1) is 8.65. The molecule has 1 unspecified atom stereocenters. The van der Waals surface area contributed by atoms with Crippen LogP contribution in [-0.4, -0.2) is 9.55 Å². The Kier molecular flexibility index (Phi) is 3.97. The van der Waals surface area contributed by atoms with E-state index in [-0.39, 0.29) is 11.6 Å². The number of H-pyrrole nitrogens is 1. The SMILES string of the molecule is CCCCC(C)n1c(=S)[nH]c2ccccc2c1=O. The minimum atomic E-state index is 0.0120. The highest BCUT2D eigenvalue weighted by Crippen LogP contribution is 2.14. The van der Waals surface area contributed by atoms with Gasteiger partial charge in [-0.05, 0) is 37.7 Å². The van der Waals surface area contributed by atoms with E-state index in [1.807, 2.05) is 24.3 Å². The van der Waals surface area contributed by atoms with Crippen molar-refractivity contribution >= 4 is 23.1 Å². The van der Waals surface area contributed by atoms with E-state index in [9.17, 15) is 4.79 Å². The molecule has 1 aromatic heterocycles. The molecule has 1 heterocycles. The highest BCUT2D eigenvalue weighted by Gasteiger charge is 2.10. The van der Waals surface area contributed by atoms with Crippen LogP contribution in [0.1, 0.15) is 39.2 Å². The number of aromatic amines is 1. The molecule has 0 saturated carbocycles. The lowest BCUT2D eigenvalue weighted by Gasteiger charge is -2.15. The molecule has 0 saturated heterocycles. The quantitative estimate of drug-likeness (QED) is 0.851. The van der Waals surface area contributed by atoms with Gasteiger partial charge in [-0.15, -0.1) is 0 Å². The summed E-state index contributed by atoms with van der Waals surface area (Å²) >= 11 is 5.30. The normalized spacial score (nSPS) is 12.8. The monoisotopic (exact) mass is 262 g/mol. The van der Waals surface area contributed by atoms with Crippen molar-refractivity contribution in [2.45, 2.75) is 39.2 Å². The van der Waals surface area contributed by atoms with E-state index >= 15 is 0 Å². The highest BCUT2D eigenvalue weighted by molar-refractivity contribution is 7.71. The minimum absolute atomic E-state index is 0.0120. The predicted molar refractivity (Wildman–Crippen MR) is 77.6 cm³/mol. The van der Waals surface area contributed by atoms with E-state index in [0.29, 0.717) is 10.2 Å². The Labute approximate surface area is 111 Å². The van der Waals surface area contributed by atoms with Crippen LogP contribution in [-0.2, 0) is 0 Å². The molecule has 0 radical (unpaired) electrons. The van der Waals surface area contributed by atoms with Gasteiger partial charge in [0.05, 0.1) is 10.9 Å². The maximum Gasteiger partial charge on any atom is 0.262 e. The minimum Gasteiger partial charge on any atom is -0.332 e. The van der Waals surface area contributed by atoms with Crippen molar-refractivity contribution in [3.05, 3.63) is 39.4 Å². The Morgan fingerprint density at radius 2 is 2.11 bits per heavy atom. The molecule has 96 valence electrons. The molecule has 0 spiro atoms. The molecule has 1 atom stereocenters. The third kappa shape index (κ3) is 2.38. The lowest BCUT2D eigenvalue weighted by Crippen LogP contribution is -2.25. The third-order valence-electron chi connectivity index (χ3n) is 3.25. The van der Waals surface area contributed by atoms with E-state index in [4.69, 9.17) is 12.2 Å². The molecule has 1 aromatic carbocycles. The Hall–Kier alpha value is -1.42. The summed E-state index contributed by atoms with van der Waals surface area (Å²) in [7, 11) is 0. The van der Waals surface area contributed by atoms with Crippen LogP contribution in [0.15, 0.2) is 29.1 Å². The average Bonchev–Trinajstić information content (AvgIpc) is 2.36. The molecule has 0 aliphatic heterocycles. The van der Waals surface area contributed by atoms with Gasteiger partial charge in [-0.1, -0.05) is 31.9 Å². The van der Waals surface area contributed by atoms with Crippen molar-refractivity contribution in [2.24, 2.45) is 0 Å². The summed E-state index contributed by atoms with van der Waals surface area (Å²) in [6, 6.07) is 7.64. The third-order valence-corrected chi connectivity index (χ3v) is 3.55. The standard InChI is InChI=1S/C14H18N2OS/c1-3-4-7-10(2)16-13(17)11-8-5-6-9-12(11)15-14(16)18/h5-6,8-10H,3-4,7H2,1-2H3,(H,15,18). The second-order valence-corrected chi connectivity index (χ2v) is 5.03. The second kappa shape index (κ2) is 5.48. The van der Waals surface area contributed by atoms with Gasteiger partial charge in [-0.25, -0.2) is 0 Å². The van der Waals surface area contributed by atoms with Gasteiger partial charge in [0.2, 0.25) is 0 Å². The predicted octanol–water partition coefficient (Wildman–Crippen LogP) is 3.81. The maximum atomic E-state index is 12.4. The van der Waals surface area contributed by atoms with Crippen LogP contribution in [0.25, 0.3) is 10.9 Å². The number of aromatic nitrogens is 2. The molecule has 4 heteroatoms. The largest absolute Gasteiger partial charge is 0.332 e. The first kappa shape index (κ1) is 13.0. The maximum absolute atomic E-state index is 12.4. The number of benzene rings is 1. The second-order valence-electron chi connectivity index (χ2n) is 4.64. The van der Waals surface area contributed by atoms with Crippen LogP contribution in [0.3, 0.4) is 0 Å². The molecular weight excluding hydrogens is 244 g/mol. The summed E-state index contributed by atoms with van der Waals surface area (Å²) in [4.78, 5) is 15.6. The Balaban J connectivity index is 2.57. The molecule has 0 bridgehead atoms. The summed E-state index contributed by atoms with van der Waals surface area (Å²) in [5, 5.41) is 0.703. The number of para-hydroxylation sites is 1. The molecular formula is C14H18N2OS. The topological polar surface area (TPSA) is 37.8 Å². The number of hydrogen-bond donors (Lipinski definition) is 1. The van der Waals surface area contributed by atoms with Gasteiger partial charge < -0.3 is 4.98 Å². The van der Waals surface area contributed by atoms with Crippen molar-refractivity contribution in [1.29, 1.82) is 0 Å². The smallest absolute Gasteiger partial charge is 0.262 e. The van der Waals surface area contributed by atoms with E-state index in [2.05, 4.69) is 18.8 Å². The number of hydrogen-bond acceptors (Lipinski definition) is 2. The van der Waals surface area contributed by atoms with Gasteiger partial charge in [0.1, 0.15) is 0 Å². The molecule has 1 N–H and O–H groups in total. The van der Waals surface area contributed by atoms with Crippen LogP contribution >= 0.6 is 12.2 Å². The molecule has 0 fully saturated rings. The van der Waals surface area contributed by atoms with Gasteiger partial charge in [0.25, 0.3) is 5.56 Å². The van der Waals surface area contributed by atoms with E-state index < -0.39 is 0 Å². The Bertz CT molecular complexity index is 657. The fourth-order valence-corrected chi connectivity index (χ4v) is 2.58. The first-order valence-corrected chi connectivity index (χ1v) is 6.79. The number of unbranched alkanes of at least 4 members (excludes halogenated alkanes) is 1. The lowest BCUT2D eigenvalue weighted by molar-refractivity contribution is 0.465. The van der Waals surface area contributed by atoms with Gasteiger partial charge in [0.15, 0.2) is 4.77 Å². The molecule has 2 rings (SSSR count). The zero-order valence-corrected chi connectivity index (χ0v) is 11.6. The summed E-state index contributed by atoms with van der Waals surface area (Å²) in [5.41, 5.74) is 0.824. The van der Waals surface area contributed by atoms with Crippen molar-refractivity contribution in [2.75, 3.05) is 0 Å². The fraction of sp³-hybridized carbons (Fsp3) is 0.429. The number of nitrogens with zero attached hydrogens (tertiary/aromatic N) is 1. The highest BCUT2D eigenvalue weighted by atomic mass is 32.1. The summed E-state index contributed by atoms with van der Waals surface area (Å²) in [5.74, 6) is 0. The van der Waals surface area contributed by atoms with E-state index in [1.54, 1.807) is 4.57 Å². The van der Waals surface area contributed by atoms with Gasteiger partial charge in [0, 0.05) is 6.04 Å². The van der Waals surface area contributed by atoms with Crippen LogP contribution in [0.4, 0.5) is 0 Å². The molecule has 2 aromatic rings. The fourth-order valence-electron chi connectivity index (χ4n) is 2.21. The lowest BCUT2D eigenvalue weighted by atomic mass is 10.1. The molecule has 3 nitrogen and oxygen atoms in total. The first-order valence-electron chi connectivity index (χ1n) is 6.38. The number of rotatable bonds is 4. The van der Waals surface area contributed by atoms with Crippen molar-refractivity contribution in [3.8, 4) is 0 Å². The van der Waals surface area contributed by atoms with Gasteiger partial charge in [-0.3, -0.25) is 9.36 Å². The van der Waals surface area contributed by atoms with Crippen LogP contribution < -0.4 is 5.56 Å². The van der Waals surface area contributed by atoms with Gasteiger partial charge >= 0.3 is 0 Å². The van der Waals surface area contributed by atoms with E-state index in [1.165, 1.54) is 0 Å². The van der Waals surface area contributed by atoms with Crippen molar-refractivity contribution < 1.29 is 0 Å². The van der Waals surface area contributed by atoms with Crippen LogP contribution in [0, 0.1) is 4.77 Å². The molecule has 0 aliphatic rings. The van der Waals surface area contributed by atoms with Gasteiger partial charge in [-0.2, -0.15) is 0 Å². The van der Waals surface area contributed by atoms with Crippen molar-refractivity contribution in [1.82, 2.24) is 9.55 Å². The van der Waals surface area contributed by atoms with Crippen LogP contribution in [0.5, 0.6) is 0 Å². The average molecular weight is 262 g/mol. The molecule has 18 heavy (non-hydrogen) atoms. The molecule has 0 amide bonds. The number of fused-ring (bicyclic) bond motifs is 1. The zero-order valence-electron chi connectivity index (χ0n) is 10.8. The summed E-state index contributed by atoms with van der Waals surface area (Å²) in [6.45, 7) is 4.20.